The Morgan fingerprint density at radius 2 is 0.938 bits per heavy atom. The van der Waals surface area contributed by atoms with Gasteiger partial charge in [-0.15, -0.1) is 0 Å². The summed E-state index contributed by atoms with van der Waals surface area (Å²) in [4.78, 5) is 0. The zero-order valence-corrected chi connectivity index (χ0v) is 18.6. The monoisotopic (exact) mass is 437 g/mol. The maximum atomic E-state index is 6.70. The molecular formula is C28H24NO2P. The summed E-state index contributed by atoms with van der Waals surface area (Å²) in [6, 6.07) is 38.5. The summed E-state index contributed by atoms with van der Waals surface area (Å²) >= 11 is 0. The van der Waals surface area contributed by atoms with E-state index in [1.165, 1.54) is 11.1 Å². The standard InChI is InChI=1S/C28H24NO2P/c1-3-11-21(12-4-1)25-19-20-26(22-13-5-2-6-14-22)29(25)32-30-27-17-9-7-15-23(27)24-16-8-10-18-28(24)31-32/h1-18,25-26H,19-20H2/t25-,26-/m0/s1. The van der Waals surface area contributed by atoms with E-state index < -0.39 is 8.16 Å². The molecule has 0 bridgehead atoms. The second kappa shape index (κ2) is 8.35. The minimum Gasteiger partial charge on any atom is -0.408 e. The second-order valence-corrected chi connectivity index (χ2v) is 9.53. The molecule has 1 aromatic heterocycles. The SMILES string of the molecule is c1ccc([C@@H]2CC[C@@H](c3ccccc3)N2p2oc3ccccc3c3ccccc3o2)cc1. The van der Waals surface area contributed by atoms with Gasteiger partial charge in [-0.05, 0) is 36.1 Å². The molecule has 2 atom stereocenters. The number of nitrogens with zero attached hydrogens (tertiary/aromatic N) is 1. The molecule has 1 saturated heterocycles. The molecule has 1 aliphatic rings. The summed E-state index contributed by atoms with van der Waals surface area (Å²) in [5, 5.41) is 2.17. The maximum Gasteiger partial charge on any atom is 0.310 e. The van der Waals surface area contributed by atoms with Gasteiger partial charge in [-0.3, -0.25) is 0 Å². The van der Waals surface area contributed by atoms with E-state index in [1.54, 1.807) is 0 Å². The lowest BCUT2D eigenvalue weighted by molar-refractivity contribution is 0.594. The largest absolute Gasteiger partial charge is 0.408 e. The van der Waals surface area contributed by atoms with Crippen LogP contribution in [0.15, 0.2) is 118 Å². The number of rotatable bonds is 3. The molecule has 0 radical (unpaired) electrons. The summed E-state index contributed by atoms with van der Waals surface area (Å²) in [5.41, 5.74) is 4.39. The van der Waals surface area contributed by atoms with E-state index in [4.69, 9.17) is 8.39 Å². The molecule has 1 fully saturated rings. The number of fused-ring (bicyclic) bond motifs is 3. The van der Waals surface area contributed by atoms with Crippen molar-refractivity contribution < 1.29 is 8.39 Å². The van der Waals surface area contributed by atoms with Crippen LogP contribution in [0.25, 0.3) is 21.9 Å². The Morgan fingerprint density at radius 1 is 0.531 bits per heavy atom. The predicted molar refractivity (Wildman–Crippen MR) is 132 cm³/mol. The molecular weight excluding hydrogens is 413 g/mol. The molecule has 5 aromatic rings. The highest BCUT2D eigenvalue weighted by Gasteiger charge is 2.39. The van der Waals surface area contributed by atoms with E-state index >= 15 is 0 Å². The van der Waals surface area contributed by atoms with Crippen LogP contribution in [0, 0.1) is 0 Å². The van der Waals surface area contributed by atoms with Gasteiger partial charge in [0.2, 0.25) is 0 Å². The Bertz CT molecular complexity index is 1290. The lowest BCUT2D eigenvalue weighted by atomic mass is 10.0. The van der Waals surface area contributed by atoms with Crippen molar-refractivity contribution in [1.29, 1.82) is 0 Å². The van der Waals surface area contributed by atoms with E-state index in [2.05, 4.69) is 102 Å². The number of hydrogen-bond donors (Lipinski definition) is 0. The Hall–Kier alpha value is -3.26. The summed E-state index contributed by atoms with van der Waals surface area (Å²) in [7, 11) is -1.37. The first kappa shape index (κ1) is 19.4. The third kappa shape index (κ3) is 3.44. The molecule has 32 heavy (non-hydrogen) atoms. The van der Waals surface area contributed by atoms with Crippen molar-refractivity contribution >= 4 is 30.1 Å². The Balaban J connectivity index is 1.61. The zero-order chi connectivity index (χ0) is 21.3. The maximum absolute atomic E-state index is 6.70. The Labute approximate surface area is 188 Å². The lowest BCUT2D eigenvalue weighted by Crippen LogP contribution is -2.22. The van der Waals surface area contributed by atoms with Crippen LogP contribution in [0.1, 0.15) is 36.1 Å². The quantitative estimate of drug-likeness (QED) is 0.283. The number of hydrogen-bond acceptors (Lipinski definition) is 3. The van der Waals surface area contributed by atoms with Gasteiger partial charge in [0.1, 0.15) is 11.2 Å². The molecule has 6 rings (SSSR count). The molecule has 1 aliphatic heterocycles. The predicted octanol–water partition coefficient (Wildman–Crippen LogP) is 8.50. The fraction of sp³-hybridized carbons (Fsp3) is 0.143. The average molecular weight is 437 g/mol. The number of benzene rings is 4. The third-order valence-electron chi connectivity index (χ3n) is 6.33. The smallest absolute Gasteiger partial charge is 0.310 e. The highest BCUT2D eigenvalue weighted by molar-refractivity contribution is 7.39. The van der Waals surface area contributed by atoms with Crippen LogP contribution in [-0.2, 0) is 0 Å². The molecule has 2 heterocycles. The van der Waals surface area contributed by atoms with Crippen molar-refractivity contribution in [2.24, 2.45) is 0 Å². The summed E-state index contributed by atoms with van der Waals surface area (Å²) in [5.74, 6) is 0. The van der Waals surface area contributed by atoms with Gasteiger partial charge in [-0.2, -0.15) is 4.67 Å². The minimum absolute atomic E-state index is 0.241. The van der Waals surface area contributed by atoms with Crippen molar-refractivity contribution in [3.05, 3.63) is 120 Å². The molecule has 0 aliphatic carbocycles. The molecule has 0 N–H and O–H groups in total. The van der Waals surface area contributed by atoms with Crippen molar-refractivity contribution in [3.63, 3.8) is 0 Å². The van der Waals surface area contributed by atoms with Crippen molar-refractivity contribution in [2.75, 3.05) is 4.67 Å². The molecule has 0 unspecified atom stereocenters. The molecule has 0 saturated carbocycles. The van der Waals surface area contributed by atoms with E-state index in [1.807, 2.05) is 12.1 Å². The lowest BCUT2D eigenvalue weighted by Gasteiger charge is -2.27. The van der Waals surface area contributed by atoms with Crippen LogP contribution >= 0.6 is 8.16 Å². The van der Waals surface area contributed by atoms with Crippen LogP contribution in [0.3, 0.4) is 0 Å². The molecule has 158 valence electrons. The highest BCUT2D eigenvalue weighted by Crippen LogP contribution is 2.53. The molecule has 3 nitrogen and oxygen atoms in total. The van der Waals surface area contributed by atoms with Gasteiger partial charge in [0, 0.05) is 22.9 Å². The summed E-state index contributed by atoms with van der Waals surface area (Å²) in [6.07, 6.45) is 2.14. The first-order chi connectivity index (χ1) is 15.9. The molecule has 4 aromatic carbocycles. The van der Waals surface area contributed by atoms with Gasteiger partial charge in [0.15, 0.2) is 0 Å². The minimum atomic E-state index is -1.37. The summed E-state index contributed by atoms with van der Waals surface area (Å²) in [6.45, 7) is 0. The summed E-state index contributed by atoms with van der Waals surface area (Å²) < 4.78 is 15.9. The van der Waals surface area contributed by atoms with Gasteiger partial charge in [-0.1, -0.05) is 97.1 Å². The van der Waals surface area contributed by atoms with Crippen molar-refractivity contribution in [3.8, 4) is 0 Å². The second-order valence-electron chi connectivity index (χ2n) is 8.22. The van der Waals surface area contributed by atoms with Crippen LogP contribution in [0.5, 0.6) is 0 Å². The van der Waals surface area contributed by atoms with Gasteiger partial charge in [0.25, 0.3) is 0 Å². The molecule has 0 spiro atoms. The Morgan fingerprint density at radius 3 is 1.41 bits per heavy atom. The molecule has 4 heteroatoms. The third-order valence-corrected chi connectivity index (χ3v) is 7.97. The van der Waals surface area contributed by atoms with Crippen LogP contribution in [-0.4, -0.2) is 0 Å². The van der Waals surface area contributed by atoms with E-state index in [0.29, 0.717) is 0 Å². The zero-order valence-electron chi connectivity index (χ0n) is 17.7. The van der Waals surface area contributed by atoms with Crippen molar-refractivity contribution in [1.82, 2.24) is 0 Å². The molecule has 0 amide bonds. The van der Waals surface area contributed by atoms with Crippen LogP contribution < -0.4 is 4.67 Å². The van der Waals surface area contributed by atoms with Crippen LogP contribution in [0.4, 0.5) is 0 Å². The van der Waals surface area contributed by atoms with Gasteiger partial charge in [-0.25, -0.2) is 0 Å². The normalized spacial score (nSPS) is 18.9. The Kier molecular flexibility index (Phi) is 5.07. The van der Waals surface area contributed by atoms with Crippen molar-refractivity contribution in [2.45, 2.75) is 24.9 Å². The van der Waals surface area contributed by atoms with E-state index in [0.717, 1.165) is 34.8 Å². The first-order valence-corrected chi connectivity index (χ1v) is 12.2. The van der Waals surface area contributed by atoms with Gasteiger partial charge >= 0.3 is 8.16 Å². The average Bonchev–Trinajstić information content (AvgIpc) is 3.23. The number of para-hydroxylation sites is 2. The van der Waals surface area contributed by atoms with E-state index in [-0.39, 0.29) is 12.1 Å². The topological polar surface area (TPSA) is 29.5 Å². The fourth-order valence-corrected chi connectivity index (χ4v) is 6.67. The van der Waals surface area contributed by atoms with E-state index in [9.17, 15) is 0 Å². The van der Waals surface area contributed by atoms with Gasteiger partial charge in [0.05, 0.1) is 0 Å². The first-order valence-electron chi connectivity index (χ1n) is 11.1. The van der Waals surface area contributed by atoms with Gasteiger partial charge < -0.3 is 8.39 Å². The highest BCUT2D eigenvalue weighted by atomic mass is 31.1. The fourth-order valence-electron chi connectivity index (χ4n) is 4.83. The van der Waals surface area contributed by atoms with Crippen LogP contribution in [0.2, 0.25) is 0 Å².